The molecular weight excluding hydrogens is 327 g/mol. The quantitative estimate of drug-likeness (QED) is 0.676. The number of nitrogens with zero attached hydrogens (tertiary/aromatic N) is 2. The van der Waals surface area contributed by atoms with E-state index in [9.17, 15) is 9.18 Å². The highest BCUT2D eigenvalue weighted by molar-refractivity contribution is 7.99. The normalized spacial score (nSPS) is 10.5. The maximum Gasteiger partial charge on any atom is 0.230 e. The summed E-state index contributed by atoms with van der Waals surface area (Å²) in [4.78, 5) is 16.1. The molecule has 0 unspecified atom stereocenters. The molecule has 1 heterocycles. The third kappa shape index (κ3) is 4.20. The molecule has 3 aromatic rings. The van der Waals surface area contributed by atoms with Crippen molar-refractivity contribution in [3.63, 3.8) is 0 Å². The number of halogens is 1. The first-order valence-electron chi connectivity index (χ1n) is 7.33. The van der Waals surface area contributed by atoms with E-state index in [1.807, 2.05) is 30.3 Å². The average Bonchev–Trinajstić information content (AvgIpc) is 3.08. The summed E-state index contributed by atoms with van der Waals surface area (Å²) in [5.41, 5.74) is 1.39. The van der Waals surface area contributed by atoms with Gasteiger partial charge in [-0.25, -0.2) is 9.37 Å². The number of amides is 1. The molecule has 0 radical (unpaired) electrons. The van der Waals surface area contributed by atoms with E-state index in [2.05, 4.69) is 20.5 Å². The molecule has 122 valence electrons. The zero-order valence-corrected chi connectivity index (χ0v) is 13.5. The number of aromatic nitrogens is 3. The summed E-state index contributed by atoms with van der Waals surface area (Å²) >= 11 is 1.20. The van der Waals surface area contributed by atoms with Crippen LogP contribution in [0.3, 0.4) is 0 Å². The van der Waals surface area contributed by atoms with Gasteiger partial charge >= 0.3 is 0 Å². The Bertz CT molecular complexity index is 822. The van der Waals surface area contributed by atoms with Gasteiger partial charge < -0.3 is 5.32 Å². The molecule has 2 N–H and O–H groups in total. The Labute approximate surface area is 142 Å². The van der Waals surface area contributed by atoms with E-state index in [-0.39, 0.29) is 17.5 Å². The van der Waals surface area contributed by atoms with Crippen molar-refractivity contribution in [1.29, 1.82) is 0 Å². The third-order valence-corrected chi connectivity index (χ3v) is 4.11. The van der Waals surface area contributed by atoms with Gasteiger partial charge in [-0.1, -0.05) is 54.2 Å². The maximum absolute atomic E-state index is 13.7. The summed E-state index contributed by atoms with van der Waals surface area (Å²) in [6, 6.07) is 16.0. The summed E-state index contributed by atoms with van der Waals surface area (Å²) in [7, 11) is 0. The lowest BCUT2D eigenvalue weighted by Gasteiger charge is -2.03. The molecule has 2 aromatic carbocycles. The minimum absolute atomic E-state index is 0.110. The number of aromatic amines is 1. The van der Waals surface area contributed by atoms with Crippen molar-refractivity contribution in [1.82, 2.24) is 20.5 Å². The van der Waals surface area contributed by atoms with Gasteiger partial charge in [-0.2, -0.15) is 0 Å². The number of hydrogen-bond donors (Lipinski definition) is 2. The topological polar surface area (TPSA) is 70.7 Å². The van der Waals surface area contributed by atoms with Gasteiger partial charge in [0.1, 0.15) is 5.82 Å². The van der Waals surface area contributed by atoms with Crippen molar-refractivity contribution in [2.75, 3.05) is 5.75 Å². The fourth-order valence-electron chi connectivity index (χ4n) is 2.06. The van der Waals surface area contributed by atoms with Crippen LogP contribution in [-0.4, -0.2) is 26.8 Å². The zero-order valence-electron chi connectivity index (χ0n) is 12.7. The molecule has 0 bridgehead atoms. The Morgan fingerprint density at radius 3 is 2.67 bits per heavy atom. The van der Waals surface area contributed by atoms with Crippen LogP contribution in [0, 0.1) is 5.82 Å². The molecule has 7 heteroatoms. The predicted molar refractivity (Wildman–Crippen MR) is 90.8 cm³/mol. The summed E-state index contributed by atoms with van der Waals surface area (Å²) in [6.45, 7) is 0.481. The van der Waals surface area contributed by atoms with Crippen molar-refractivity contribution in [2.45, 2.75) is 11.7 Å². The van der Waals surface area contributed by atoms with E-state index in [1.54, 1.807) is 18.2 Å². The Morgan fingerprint density at radius 2 is 1.88 bits per heavy atom. The molecule has 0 saturated carbocycles. The van der Waals surface area contributed by atoms with Gasteiger partial charge in [0.2, 0.25) is 11.1 Å². The lowest BCUT2D eigenvalue weighted by Crippen LogP contribution is -2.24. The van der Waals surface area contributed by atoms with E-state index < -0.39 is 0 Å². The van der Waals surface area contributed by atoms with Crippen LogP contribution in [0.1, 0.15) is 5.56 Å². The zero-order chi connectivity index (χ0) is 16.8. The highest BCUT2D eigenvalue weighted by Gasteiger charge is 2.11. The smallest absolute Gasteiger partial charge is 0.230 e. The monoisotopic (exact) mass is 342 g/mol. The van der Waals surface area contributed by atoms with Gasteiger partial charge in [0.05, 0.1) is 11.3 Å². The molecule has 3 rings (SSSR count). The Balaban J connectivity index is 1.52. The number of nitrogens with one attached hydrogen (secondary N) is 2. The molecule has 0 spiro atoms. The second-order valence-corrected chi connectivity index (χ2v) is 5.94. The molecule has 1 aromatic heterocycles. The SMILES string of the molecule is O=C(CSc1n[nH]c(-c2ccccc2F)n1)NCc1ccccc1. The van der Waals surface area contributed by atoms with Gasteiger partial charge in [0.25, 0.3) is 0 Å². The summed E-state index contributed by atoms with van der Waals surface area (Å²) in [5.74, 6) is 0.0636. The van der Waals surface area contributed by atoms with Crippen LogP contribution >= 0.6 is 11.8 Å². The van der Waals surface area contributed by atoms with Crippen LogP contribution in [0.4, 0.5) is 4.39 Å². The molecule has 24 heavy (non-hydrogen) atoms. The van der Waals surface area contributed by atoms with Crippen LogP contribution in [0.2, 0.25) is 0 Å². The van der Waals surface area contributed by atoms with Crippen LogP contribution in [0.15, 0.2) is 59.8 Å². The summed E-state index contributed by atoms with van der Waals surface area (Å²) < 4.78 is 13.7. The molecule has 5 nitrogen and oxygen atoms in total. The molecule has 0 atom stereocenters. The number of thioether (sulfide) groups is 1. The van der Waals surface area contributed by atoms with Gasteiger partial charge in [-0.15, -0.1) is 5.10 Å². The van der Waals surface area contributed by atoms with Crippen LogP contribution in [-0.2, 0) is 11.3 Å². The number of hydrogen-bond acceptors (Lipinski definition) is 4. The van der Waals surface area contributed by atoms with Crippen molar-refractivity contribution in [3.05, 3.63) is 66.0 Å². The fourth-order valence-corrected chi connectivity index (χ4v) is 2.69. The average molecular weight is 342 g/mol. The molecule has 0 aliphatic rings. The first kappa shape index (κ1) is 16.2. The van der Waals surface area contributed by atoms with Gasteiger partial charge in [0, 0.05) is 6.54 Å². The molecule has 0 aliphatic heterocycles. The minimum atomic E-state index is -0.370. The van der Waals surface area contributed by atoms with Crippen molar-refractivity contribution in [2.24, 2.45) is 0 Å². The summed E-state index contributed by atoms with van der Waals surface area (Å²) in [5, 5.41) is 9.93. The minimum Gasteiger partial charge on any atom is -0.351 e. The molecular formula is C17H15FN4OS. The van der Waals surface area contributed by atoms with Gasteiger partial charge in [-0.3, -0.25) is 9.89 Å². The van der Waals surface area contributed by atoms with E-state index in [0.29, 0.717) is 23.1 Å². The van der Waals surface area contributed by atoms with E-state index in [1.165, 1.54) is 17.8 Å². The number of carbonyl (C=O) groups is 1. The third-order valence-electron chi connectivity index (χ3n) is 3.26. The molecule has 0 aliphatic carbocycles. The Hall–Kier alpha value is -2.67. The van der Waals surface area contributed by atoms with Crippen molar-refractivity contribution >= 4 is 17.7 Å². The van der Waals surface area contributed by atoms with Gasteiger partial charge in [0.15, 0.2) is 5.82 Å². The Morgan fingerprint density at radius 1 is 1.12 bits per heavy atom. The lowest BCUT2D eigenvalue weighted by molar-refractivity contribution is -0.118. The van der Waals surface area contributed by atoms with Crippen molar-refractivity contribution < 1.29 is 9.18 Å². The first-order chi connectivity index (χ1) is 11.7. The number of carbonyl (C=O) groups excluding carboxylic acids is 1. The number of rotatable bonds is 6. The number of H-pyrrole nitrogens is 1. The molecule has 0 saturated heterocycles. The maximum atomic E-state index is 13.7. The lowest BCUT2D eigenvalue weighted by atomic mass is 10.2. The van der Waals surface area contributed by atoms with Crippen LogP contribution in [0.25, 0.3) is 11.4 Å². The number of benzene rings is 2. The van der Waals surface area contributed by atoms with E-state index in [0.717, 1.165) is 5.56 Å². The standard InChI is InChI=1S/C17H15FN4OS/c18-14-9-5-4-8-13(14)16-20-17(22-21-16)24-11-15(23)19-10-12-6-2-1-3-7-12/h1-9H,10-11H2,(H,19,23)(H,20,21,22). The fraction of sp³-hybridized carbons (Fsp3) is 0.118. The highest BCUT2D eigenvalue weighted by Crippen LogP contribution is 2.21. The predicted octanol–water partition coefficient (Wildman–Crippen LogP) is 3.02. The van der Waals surface area contributed by atoms with E-state index in [4.69, 9.17) is 0 Å². The summed E-state index contributed by atoms with van der Waals surface area (Å²) in [6.07, 6.45) is 0. The largest absolute Gasteiger partial charge is 0.351 e. The second-order valence-electron chi connectivity index (χ2n) is 5.00. The van der Waals surface area contributed by atoms with Crippen molar-refractivity contribution in [3.8, 4) is 11.4 Å². The van der Waals surface area contributed by atoms with Gasteiger partial charge in [-0.05, 0) is 17.7 Å². The molecule has 0 fully saturated rings. The van der Waals surface area contributed by atoms with E-state index >= 15 is 0 Å². The molecule has 1 amide bonds. The van der Waals surface area contributed by atoms with Crippen LogP contribution in [0.5, 0.6) is 0 Å². The Kier molecular flexibility index (Phi) is 5.22. The second kappa shape index (κ2) is 7.74. The highest BCUT2D eigenvalue weighted by atomic mass is 32.2. The van der Waals surface area contributed by atoms with Crippen LogP contribution < -0.4 is 5.32 Å². The first-order valence-corrected chi connectivity index (χ1v) is 8.31.